The number of fused-ring (bicyclic) bond motifs is 1. The van der Waals surface area contributed by atoms with Gasteiger partial charge in [-0.25, -0.2) is 22.9 Å². The Morgan fingerprint density at radius 1 is 1.15 bits per heavy atom. The van der Waals surface area contributed by atoms with Gasteiger partial charge in [-0.2, -0.15) is 13.2 Å². The molecule has 7 nitrogen and oxygen atoms in total. The maximum Gasteiger partial charge on any atom is 0.490 e. The van der Waals surface area contributed by atoms with Gasteiger partial charge < -0.3 is 9.72 Å². The largest absolute Gasteiger partial charge is 0.490 e. The highest BCUT2D eigenvalue weighted by Crippen LogP contribution is 2.30. The minimum Gasteiger partial charge on any atom is -0.454 e. The fourth-order valence-electron chi connectivity index (χ4n) is 4.07. The number of rotatable bonds is 5. The van der Waals surface area contributed by atoms with E-state index >= 15 is 0 Å². The molecule has 1 saturated carbocycles. The van der Waals surface area contributed by atoms with Crippen LogP contribution < -0.4 is 4.72 Å². The van der Waals surface area contributed by atoms with Crippen LogP contribution in [0.25, 0.3) is 22.2 Å². The molecular weight excluding hydrogens is 459 g/mol. The molecule has 2 atom stereocenters. The van der Waals surface area contributed by atoms with Gasteiger partial charge in [0.15, 0.2) is 0 Å². The third-order valence-corrected chi connectivity index (χ3v) is 7.15. The summed E-state index contributed by atoms with van der Waals surface area (Å²) < 4.78 is 70.6. The van der Waals surface area contributed by atoms with Crippen LogP contribution >= 0.6 is 0 Å². The van der Waals surface area contributed by atoms with E-state index in [9.17, 15) is 26.4 Å². The average molecular weight is 481 g/mol. The highest BCUT2D eigenvalue weighted by atomic mass is 32.2. The van der Waals surface area contributed by atoms with Gasteiger partial charge >= 0.3 is 12.1 Å². The molecular formula is C22H22F3N3O4S. The van der Waals surface area contributed by atoms with E-state index in [2.05, 4.69) is 19.4 Å². The smallest absolute Gasteiger partial charge is 0.454 e. The Morgan fingerprint density at radius 2 is 1.85 bits per heavy atom. The summed E-state index contributed by atoms with van der Waals surface area (Å²) in [5, 5.41) is 0.903. The number of carbonyl (C=O) groups excluding carboxylic acids is 1. The number of halogens is 3. The molecule has 1 aliphatic rings. The van der Waals surface area contributed by atoms with Crippen molar-refractivity contribution in [1.29, 1.82) is 0 Å². The van der Waals surface area contributed by atoms with E-state index in [1.54, 1.807) is 18.3 Å². The molecule has 2 heterocycles. The Morgan fingerprint density at radius 3 is 2.55 bits per heavy atom. The Hall–Kier alpha value is -2.92. The number of benzene rings is 1. The zero-order valence-electron chi connectivity index (χ0n) is 17.6. The molecule has 4 rings (SSSR count). The van der Waals surface area contributed by atoms with E-state index in [4.69, 9.17) is 0 Å². The highest BCUT2D eigenvalue weighted by molar-refractivity contribution is 7.89. The molecule has 33 heavy (non-hydrogen) atoms. The van der Waals surface area contributed by atoms with Crippen LogP contribution in [0.15, 0.2) is 47.5 Å². The molecule has 1 aliphatic carbocycles. The lowest BCUT2D eigenvalue weighted by atomic mass is 9.93. The van der Waals surface area contributed by atoms with Crippen LogP contribution in [-0.2, 0) is 19.6 Å². The second-order valence-electron chi connectivity index (χ2n) is 8.05. The van der Waals surface area contributed by atoms with Crippen LogP contribution in [-0.4, -0.2) is 42.7 Å². The molecule has 11 heteroatoms. The van der Waals surface area contributed by atoms with Crippen molar-refractivity contribution >= 4 is 27.0 Å². The molecule has 0 amide bonds. The number of esters is 1. The fraction of sp³-hybridized carbons (Fsp3) is 0.364. The number of nitrogens with one attached hydrogen (secondary N) is 2. The van der Waals surface area contributed by atoms with Gasteiger partial charge in [-0.1, -0.05) is 18.6 Å². The molecule has 2 N–H and O–H groups in total. The van der Waals surface area contributed by atoms with Crippen LogP contribution in [0.4, 0.5) is 13.2 Å². The number of nitrogens with zero attached hydrogens (tertiary/aromatic N) is 1. The number of carbonyl (C=O) groups is 1. The first-order valence-corrected chi connectivity index (χ1v) is 11.9. The van der Waals surface area contributed by atoms with Crippen molar-refractivity contribution in [2.45, 2.75) is 55.8 Å². The normalized spacial score (nSPS) is 19.5. The van der Waals surface area contributed by atoms with Crippen molar-refractivity contribution in [3.05, 3.63) is 48.3 Å². The van der Waals surface area contributed by atoms with Gasteiger partial charge in [-0.3, -0.25) is 0 Å². The molecule has 1 fully saturated rings. The minimum absolute atomic E-state index is 0.0340. The third kappa shape index (κ3) is 5.03. The summed E-state index contributed by atoms with van der Waals surface area (Å²) in [6.45, 7) is 1.91. The summed E-state index contributed by atoms with van der Waals surface area (Å²) in [6.07, 6.45) is -3.07. The number of sulfonamides is 1. The van der Waals surface area contributed by atoms with Crippen LogP contribution in [0.1, 0.15) is 31.4 Å². The van der Waals surface area contributed by atoms with E-state index in [0.717, 1.165) is 27.9 Å². The maximum absolute atomic E-state index is 12.9. The van der Waals surface area contributed by atoms with E-state index in [1.807, 2.05) is 19.1 Å². The molecule has 0 aliphatic heterocycles. The van der Waals surface area contributed by atoms with Gasteiger partial charge in [-0.05, 0) is 61.6 Å². The van der Waals surface area contributed by atoms with E-state index in [0.29, 0.717) is 12.8 Å². The molecule has 176 valence electrons. The molecule has 0 bridgehead atoms. The van der Waals surface area contributed by atoms with Crippen LogP contribution in [0.3, 0.4) is 0 Å². The number of ether oxygens (including phenoxy) is 1. The quantitative estimate of drug-likeness (QED) is 0.531. The van der Waals surface area contributed by atoms with Gasteiger partial charge in [0.2, 0.25) is 10.0 Å². The number of aryl methyl sites for hydroxylation is 1. The highest BCUT2D eigenvalue weighted by Gasteiger charge is 2.44. The summed E-state index contributed by atoms with van der Waals surface area (Å²) in [6, 6.07) is 9.04. The second-order valence-corrected chi connectivity index (χ2v) is 9.77. The first kappa shape index (κ1) is 23.2. The van der Waals surface area contributed by atoms with E-state index < -0.39 is 34.3 Å². The lowest BCUT2D eigenvalue weighted by Crippen LogP contribution is -2.48. The van der Waals surface area contributed by atoms with Crippen molar-refractivity contribution in [2.75, 3.05) is 0 Å². The predicted octanol–water partition coefficient (Wildman–Crippen LogP) is 4.23. The fourth-order valence-corrected chi connectivity index (χ4v) is 5.37. The summed E-state index contributed by atoms with van der Waals surface area (Å²) in [7, 11) is -4.04. The Balaban J connectivity index is 1.54. The van der Waals surface area contributed by atoms with Crippen molar-refractivity contribution < 1.29 is 31.1 Å². The molecule has 0 saturated heterocycles. The Bertz CT molecular complexity index is 1270. The Labute approximate surface area is 188 Å². The first-order chi connectivity index (χ1) is 15.5. The second kappa shape index (κ2) is 8.79. The topological polar surface area (TPSA) is 101 Å². The average Bonchev–Trinajstić information content (AvgIpc) is 3.14. The lowest BCUT2D eigenvalue weighted by molar-refractivity contribution is -0.206. The molecule has 0 spiro atoms. The molecule has 0 radical (unpaired) electrons. The van der Waals surface area contributed by atoms with Crippen molar-refractivity contribution in [1.82, 2.24) is 14.7 Å². The van der Waals surface area contributed by atoms with E-state index in [-0.39, 0.29) is 17.7 Å². The number of aromatic amines is 1. The summed E-state index contributed by atoms with van der Waals surface area (Å²) >= 11 is 0. The number of H-pyrrole nitrogens is 1. The van der Waals surface area contributed by atoms with Gasteiger partial charge in [-0.15, -0.1) is 0 Å². The molecule has 2 aromatic heterocycles. The maximum atomic E-state index is 12.9. The van der Waals surface area contributed by atoms with Gasteiger partial charge in [0.25, 0.3) is 0 Å². The first-order valence-electron chi connectivity index (χ1n) is 10.4. The monoisotopic (exact) mass is 481 g/mol. The van der Waals surface area contributed by atoms with Crippen LogP contribution in [0.2, 0.25) is 0 Å². The number of hydrogen-bond acceptors (Lipinski definition) is 5. The standard InChI is InChI=1S/C22H22F3N3O4S/c1-13-12-17-16(10-11-26-20(17)27-13)14-6-8-15(9-7-14)33(30,31)28-18-4-2-3-5-19(18)32-21(29)22(23,24)25/h6-12,18-19,28H,2-5H2,1H3,(H,26,27)/t18-,19-/m0/s1. The van der Waals surface area contributed by atoms with Crippen LogP contribution in [0.5, 0.6) is 0 Å². The summed E-state index contributed by atoms with van der Waals surface area (Å²) in [5.74, 6) is -2.31. The number of aromatic nitrogens is 2. The van der Waals surface area contributed by atoms with Gasteiger partial charge in [0.05, 0.1) is 10.9 Å². The zero-order chi connectivity index (χ0) is 23.8. The van der Waals surface area contributed by atoms with Crippen molar-refractivity contribution in [3.8, 4) is 11.1 Å². The van der Waals surface area contributed by atoms with Crippen molar-refractivity contribution in [2.24, 2.45) is 0 Å². The van der Waals surface area contributed by atoms with E-state index in [1.165, 1.54) is 12.1 Å². The molecule has 0 unspecified atom stereocenters. The Kier molecular flexibility index (Phi) is 6.19. The number of alkyl halides is 3. The SMILES string of the molecule is Cc1cc2c(-c3ccc(S(=O)(=O)N[C@H]4CCCC[C@@H]4OC(=O)C(F)(F)F)cc3)ccnc2[nH]1. The lowest BCUT2D eigenvalue weighted by Gasteiger charge is -2.31. The summed E-state index contributed by atoms with van der Waals surface area (Å²) in [5.41, 5.74) is 3.34. The minimum atomic E-state index is -5.13. The summed E-state index contributed by atoms with van der Waals surface area (Å²) in [4.78, 5) is 18.7. The third-order valence-electron chi connectivity index (χ3n) is 5.64. The zero-order valence-corrected chi connectivity index (χ0v) is 18.5. The molecule has 3 aromatic rings. The van der Waals surface area contributed by atoms with Crippen LogP contribution in [0, 0.1) is 6.92 Å². The van der Waals surface area contributed by atoms with Crippen molar-refractivity contribution in [3.63, 3.8) is 0 Å². The van der Waals surface area contributed by atoms with Gasteiger partial charge in [0.1, 0.15) is 11.8 Å². The predicted molar refractivity (Wildman–Crippen MR) is 115 cm³/mol. The molecule has 1 aromatic carbocycles. The number of pyridine rings is 1. The van der Waals surface area contributed by atoms with Gasteiger partial charge in [0, 0.05) is 17.3 Å². The number of hydrogen-bond donors (Lipinski definition) is 2.